The molecule has 68 valence electrons. The van der Waals surface area contributed by atoms with Gasteiger partial charge in [0.2, 0.25) is 0 Å². The third-order valence-electron chi connectivity index (χ3n) is 1.47. The van der Waals surface area contributed by atoms with Gasteiger partial charge < -0.3 is 5.43 Å². The van der Waals surface area contributed by atoms with Crippen molar-refractivity contribution in [1.29, 1.82) is 0 Å². The molecular weight excluding hydrogens is 170 g/mol. The zero-order valence-electron chi connectivity index (χ0n) is 7.10. The van der Waals surface area contributed by atoms with Gasteiger partial charge in [-0.3, -0.25) is 10.1 Å². The Morgan fingerprint density at radius 2 is 2.23 bits per heavy atom. The van der Waals surface area contributed by atoms with E-state index in [1.807, 2.05) is 0 Å². The first-order valence-corrected chi connectivity index (χ1v) is 3.69. The monoisotopic (exact) mass is 179 g/mol. The van der Waals surface area contributed by atoms with Crippen LogP contribution in [-0.2, 0) is 0 Å². The van der Waals surface area contributed by atoms with Gasteiger partial charge in [0.25, 0.3) is 5.69 Å². The van der Waals surface area contributed by atoms with Gasteiger partial charge in [-0.15, -0.1) is 0 Å². The highest BCUT2D eigenvalue weighted by atomic mass is 16.6. The van der Waals surface area contributed by atoms with E-state index in [0.717, 1.165) is 0 Å². The van der Waals surface area contributed by atoms with Gasteiger partial charge in [0, 0.05) is 13.1 Å². The van der Waals surface area contributed by atoms with Gasteiger partial charge in [0.05, 0.1) is 16.7 Å². The van der Waals surface area contributed by atoms with E-state index < -0.39 is 4.92 Å². The Bertz CT molecular complexity index is 336. The first-order valence-electron chi connectivity index (χ1n) is 3.69. The number of benzene rings is 1. The largest absolute Gasteiger partial charge is 0.313 e. The summed E-state index contributed by atoms with van der Waals surface area (Å²) in [6, 6.07) is 6.43. The maximum absolute atomic E-state index is 10.5. The molecule has 0 unspecified atom stereocenters. The zero-order chi connectivity index (χ0) is 9.68. The van der Waals surface area contributed by atoms with Crippen molar-refractivity contribution in [2.75, 3.05) is 7.05 Å². The lowest BCUT2D eigenvalue weighted by Gasteiger charge is -1.95. The van der Waals surface area contributed by atoms with Crippen LogP contribution in [0, 0.1) is 10.1 Å². The molecule has 0 spiro atoms. The van der Waals surface area contributed by atoms with Crippen molar-refractivity contribution in [3.63, 3.8) is 0 Å². The summed E-state index contributed by atoms with van der Waals surface area (Å²) in [6.45, 7) is 0. The Morgan fingerprint density at radius 3 is 2.85 bits per heavy atom. The second-order valence-electron chi connectivity index (χ2n) is 2.30. The van der Waals surface area contributed by atoms with Gasteiger partial charge >= 0.3 is 0 Å². The van der Waals surface area contributed by atoms with Gasteiger partial charge in [-0.05, 0) is 6.07 Å². The van der Waals surface area contributed by atoms with E-state index in [9.17, 15) is 10.1 Å². The predicted molar refractivity (Wildman–Crippen MR) is 49.8 cm³/mol. The summed E-state index contributed by atoms with van der Waals surface area (Å²) in [5.41, 5.74) is 3.07. The fraction of sp³-hybridized carbons (Fsp3) is 0.125. The van der Waals surface area contributed by atoms with Crippen LogP contribution in [0.3, 0.4) is 0 Å². The molecule has 0 aliphatic heterocycles. The minimum Gasteiger partial charge on any atom is -0.313 e. The Kier molecular flexibility index (Phi) is 2.97. The molecule has 1 N–H and O–H groups in total. The summed E-state index contributed by atoms with van der Waals surface area (Å²) >= 11 is 0. The Balaban J connectivity index is 3.05. The molecule has 1 aromatic carbocycles. The smallest absolute Gasteiger partial charge is 0.278 e. The topological polar surface area (TPSA) is 67.5 Å². The van der Waals surface area contributed by atoms with Gasteiger partial charge in [-0.25, -0.2) is 0 Å². The second kappa shape index (κ2) is 4.20. The lowest BCUT2D eigenvalue weighted by Crippen LogP contribution is -1.98. The number of hydrogen-bond donors (Lipinski definition) is 1. The van der Waals surface area contributed by atoms with E-state index in [1.54, 1.807) is 25.2 Å². The van der Waals surface area contributed by atoms with Gasteiger partial charge in [0.1, 0.15) is 0 Å². The van der Waals surface area contributed by atoms with Crippen molar-refractivity contribution < 1.29 is 4.92 Å². The molecule has 0 fully saturated rings. The minimum atomic E-state index is -0.434. The number of hydrazone groups is 1. The van der Waals surface area contributed by atoms with Gasteiger partial charge in [-0.2, -0.15) is 5.10 Å². The van der Waals surface area contributed by atoms with E-state index in [2.05, 4.69) is 10.5 Å². The maximum Gasteiger partial charge on any atom is 0.278 e. The number of para-hydroxylation sites is 1. The van der Waals surface area contributed by atoms with Crippen LogP contribution >= 0.6 is 0 Å². The van der Waals surface area contributed by atoms with Crippen LogP contribution in [0.5, 0.6) is 0 Å². The van der Waals surface area contributed by atoms with Crippen molar-refractivity contribution >= 4 is 11.9 Å². The first-order chi connectivity index (χ1) is 6.25. The third kappa shape index (κ3) is 2.26. The third-order valence-corrected chi connectivity index (χ3v) is 1.47. The van der Waals surface area contributed by atoms with Crippen LogP contribution in [0.15, 0.2) is 29.4 Å². The molecular formula is C8H9N3O2. The Labute approximate surface area is 75.2 Å². The van der Waals surface area contributed by atoms with Crippen LogP contribution in [-0.4, -0.2) is 18.2 Å². The van der Waals surface area contributed by atoms with Crippen molar-refractivity contribution in [2.24, 2.45) is 5.10 Å². The molecule has 0 heterocycles. The fourth-order valence-electron chi connectivity index (χ4n) is 0.897. The summed E-state index contributed by atoms with van der Waals surface area (Å²) in [4.78, 5) is 10.1. The number of hydrogen-bond acceptors (Lipinski definition) is 4. The van der Waals surface area contributed by atoms with E-state index in [4.69, 9.17) is 0 Å². The standard InChI is InChI=1S/C8H9N3O2/c1-9-10-6-7-4-2-3-5-8(7)11(12)13/h2-6,9H,1H3/b10-6+. The molecule has 5 nitrogen and oxygen atoms in total. The van der Waals surface area contributed by atoms with Crippen LogP contribution < -0.4 is 5.43 Å². The summed E-state index contributed by atoms with van der Waals surface area (Å²) in [5, 5.41) is 14.2. The van der Waals surface area contributed by atoms with E-state index in [0.29, 0.717) is 5.56 Å². The SMILES string of the molecule is CN/N=C/c1ccccc1[N+](=O)[O-]. The fourth-order valence-corrected chi connectivity index (χ4v) is 0.897. The van der Waals surface area contributed by atoms with Crippen molar-refractivity contribution in [1.82, 2.24) is 5.43 Å². The summed E-state index contributed by atoms with van der Waals surface area (Å²) in [5.74, 6) is 0. The zero-order valence-corrected chi connectivity index (χ0v) is 7.10. The Hall–Kier alpha value is -1.91. The quantitative estimate of drug-likeness (QED) is 0.430. The lowest BCUT2D eigenvalue weighted by atomic mass is 10.2. The number of nitro benzene ring substituents is 1. The normalized spacial score (nSPS) is 10.2. The molecule has 13 heavy (non-hydrogen) atoms. The molecule has 0 amide bonds. The first kappa shape index (κ1) is 9.18. The molecule has 0 radical (unpaired) electrons. The van der Waals surface area contributed by atoms with Crippen LogP contribution in [0.2, 0.25) is 0 Å². The number of rotatable bonds is 3. The summed E-state index contributed by atoms with van der Waals surface area (Å²) in [7, 11) is 1.63. The molecule has 0 atom stereocenters. The molecule has 0 aliphatic carbocycles. The van der Waals surface area contributed by atoms with Gasteiger partial charge in [0.15, 0.2) is 0 Å². The number of nitrogens with zero attached hydrogens (tertiary/aromatic N) is 2. The maximum atomic E-state index is 10.5. The van der Waals surface area contributed by atoms with Crippen molar-refractivity contribution in [2.45, 2.75) is 0 Å². The van der Waals surface area contributed by atoms with Crippen molar-refractivity contribution in [3.05, 3.63) is 39.9 Å². The summed E-state index contributed by atoms with van der Waals surface area (Å²) in [6.07, 6.45) is 1.41. The van der Waals surface area contributed by atoms with E-state index in [-0.39, 0.29) is 5.69 Å². The molecule has 0 saturated carbocycles. The molecule has 0 aromatic heterocycles. The highest BCUT2D eigenvalue weighted by Crippen LogP contribution is 2.14. The van der Waals surface area contributed by atoms with Crippen LogP contribution in [0.25, 0.3) is 0 Å². The van der Waals surface area contributed by atoms with E-state index in [1.165, 1.54) is 12.3 Å². The van der Waals surface area contributed by atoms with E-state index >= 15 is 0 Å². The second-order valence-corrected chi connectivity index (χ2v) is 2.30. The van der Waals surface area contributed by atoms with Crippen molar-refractivity contribution in [3.8, 4) is 0 Å². The number of nitrogens with one attached hydrogen (secondary N) is 1. The van der Waals surface area contributed by atoms with Crippen LogP contribution in [0.4, 0.5) is 5.69 Å². The molecule has 0 bridgehead atoms. The Morgan fingerprint density at radius 1 is 1.54 bits per heavy atom. The molecule has 0 saturated heterocycles. The highest BCUT2D eigenvalue weighted by Gasteiger charge is 2.09. The number of nitro groups is 1. The predicted octanol–water partition coefficient (Wildman–Crippen LogP) is 1.15. The highest BCUT2D eigenvalue weighted by molar-refractivity contribution is 5.84. The van der Waals surface area contributed by atoms with Gasteiger partial charge in [-0.1, -0.05) is 12.1 Å². The summed E-state index contributed by atoms with van der Waals surface area (Å²) < 4.78 is 0. The minimum absolute atomic E-state index is 0.0569. The average Bonchev–Trinajstić information content (AvgIpc) is 2.15. The molecule has 5 heteroatoms. The molecule has 0 aliphatic rings. The van der Waals surface area contributed by atoms with Crippen LogP contribution in [0.1, 0.15) is 5.56 Å². The molecule has 1 aromatic rings. The lowest BCUT2D eigenvalue weighted by molar-refractivity contribution is -0.385. The molecule has 1 rings (SSSR count). The average molecular weight is 179 g/mol.